The minimum Gasteiger partial charge on any atom is -0.468 e. The summed E-state index contributed by atoms with van der Waals surface area (Å²) in [6.45, 7) is 4.97. The molecule has 8 heteroatoms. The summed E-state index contributed by atoms with van der Waals surface area (Å²) in [7, 11) is 2.47. The lowest BCUT2D eigenvalue weighted by Crippen LogP contribution is -2.45. The molecular weight excluding hydrogens is 416 g/mol. The predicted molar refractivity (Wildman–Crippen MR) is 119 cm³/mol. The molecule has 0 spiro atoms. The van der Waals surface area contributed by atoms with Gasteiger partial charge >= 0.3 is 11.9 Å². The number of thioether (sulfide) groups is 1. The highest BCUT2D eigenvalue weighted by Crippen LogP contribution is 2.34. The van der Waals surface area contributed by atoms with Gasteiger partial charge in [-0.2, -0.15) is 0 Å². The van der Waals surface area contributed by atoms with Crippen molar-refractivity contribution in [2.75, 3.05) is 33.1 Å². The Hall–Kier alpha value is -2.87. The Morgan fingerprint density at radius 1 is 1.00 bits per heavy atom. The molecule has 0 aliphatic heterocycles. The fraction of sp³-hybridized carbons (Fsp3) is 0.391. The fourth-order valence-electron chi connectivity index (χ4n) is 3.22. The van der Waals surface area contributed by atoms with Crippen molar-refractivity contribution in [2.24, 2.45) is 5.41 Å². The quantitative estimate of drug-likeness (QED) is 0.316. The van der Waals surface area contributed by atoms with E-state index in [0.29, 0.717) is 24.3 Å². The fourth-order valence-corrected chi connectivity index (χ4v) is 4.32. The van der Waals surface area contributed by atoms with E-state index in [0.717, 1.165) is 4.90 Å². The summed E-state index contributed by atoms with van der Waals surface area (Å²) in [5, 5.41) is 0. The van der Waals surface area contributed by atoms with Crippen LogP contribution in [0.15, 0.2) is 53.6 Å². The molecule has 7 nitrogen and oxygen atoms in total. The second-order valence-corrected chi connectivity index (χ2v) is 7.91. The van der Waals surface area contributed by atoms with Crippen molar-refractivity contribution in [1.82, 2.24) is 9.88 Å². The van der Waals surface area contributed by atoms with Crippen molar-refractivity contribution in [3.05, 3.63) is 59.9 Å². The summed E-state index contributed by atoms with van der Waals surface area (Å²) in [6.07, 6.45) is 1.46. The van der Waals surface area contributed by atoms with Gasteiger partial charge in [-0.25, -0.2) is 0 Å². The molecule has 0 unspecified atom stereocenters. The number of nitrogens with zero attached hydrogens (tertiary/aromatic N) is 2. The summed E-state index contributed by atoms with van der Waals surface area (Å²) in [5.74, 6) is -1.43. The second-order valence-electron chi connectivity index (χ2n) is 6.86. The van der Waals surface area contributed by atoms with Crippen molar-refractivity contribution in [1.29, 1.82) is 0 Å². The topological polar surface area (TPSA) is 85.8 Å². The van der Waals surface area contributed by atoms with Crippen LogP contribution in [0.25, 0.3) is 0 Å². The third-order valence-electron chi connectivity index (χ3n) is 4.98. The second kappa shape index (κ2) is 11.5. The normalized spacial score (nSPS) is 11.0. The molecule has 1 amide bonds. The predicted octanol–water partition coefficient (Wildman–Crippen LogP) is 3.23. The lowest BCUT2D eigenvalue weighted by molar-refractivity contribution is -0.167. The van der Waals surface area contributed by atoms with Crippen molar-refractivity contribution >= 4 is 29.6 Å². The molecule has 1 heterocycles. The molecule has 0 N–H and O–H groups in total. The third-order valence-corrected chi connectivity index (χ3v) is 6.22. The van der Waals surface area contributed by atoms with Crippen molar-refractivity contribution in [3.63, 3.8) is 0 Å². The monoisotopic (exact) mass is 444 g/mol. The van der Waals surface area contributed by atoms with Gasteiger partial charge in [-0.3, -0.25) is 19.4 Å². The number of amides is 1. The Morgan fingerprint density at radius 2 is 1.61 bits per heavy atom. The summed E-state index contributed by atoms with van der Waals surface area (Å²) in [4.78, 5) is 45.3. The van der Waals surface area contributed by atoms with E-state index in [1.54, 1.807) is 17.0 Å². The number of ether oxygens (including phenoxy) is 2. The minimum absolute atomic E-state index is 0.0500. The molecule has 31 heavy (non-hydrogen) atoms. The van der Waals surface area contributed by atoms with Crippen LogP contribution in [0.4, 0.5) is 0 Å². The lowest BCUT2D eigenvalue weighted by atomic mass is 9.84. The highest BCUT2D eigenvalue weighted by molar-refractivity contribution is 7.99. The summed E-state index contributed by atoms with van der Waals surface area (Å²) >= 11 is 1.35. The number of hydrogen-bond acceptors (Lipinski definition) is 7. The van der Waals surface area contributed by atoms with Crippen LogP contribution in [-0.4, -0.2) is 60.8 Å². The number of aromatic nitrogens is 1. The molecule has 0 aliphatic carbocycles. The minimum atomic E-state index is -1.60. The molecule has 166 valence electrons. The zero-order chi connectivity index (χ0) is 22.9. The van der Waals surface area contributed by atoms with E-state index in [9.17, 15) is 14.4 Å². The van der Waals surface area contributed by atoms with Crippen LogP contribution in [0.2, 0.25) is 0 Å². The van der Waals surface area contributed by atoms with Crippen molar-refractivity contribution in [3.8, 4) is 0 Å². The number of carbonyl (C=O) groups excluding carboxylic acids is 3. The van der Waals surface area contributed by atoms with Crippen LogP contribution in [0.3, 0.4) is 0 Å². The van der Waals surface area contributed by atoms with E-state index in [2.05, 4.69) is 4.98 Å². The van der Waals surface area contributed by atoms with E-state index in [4.69, 9.17) is 9.47 Å². The van der Waals surface area contributed by atoms with Crippen molar-refractivity contribution < 1.29 is 23.9 Å². The first-order valence-corrected chi connectivity index (χ1v) is 11.0. The molecule has 2 aromatic rings. The maximum Gasteiger partial charge on any atom is 0.324 e. The zero-order valence-electron chi connectivity index (χ0n) is 18.3. The van der Waals surface area contributed by atoms with Gasteiger partial charge in [0.2, 0.25) is 0 Å². The molecule has 1 aromatic carbocycles. The molecule has 0 radical (unpaired) electrons. The smallest absolute Gasteiger partial charge is 0.324 e. The first kappa shape index (κ1) is 24.4. The van der Waals surface area contributed by atoms with Crippen LogP contribution in [0, 0.1) is 5.41 Å². The molecule has 0 bridgehead atoms. The van der Waals surface area contributed by atoms with Crippen LogP contribution < -0.4 is 0 Å². The summed E-state index contributed by atoms with van der Waals surface area (Å²) < 4.78 is 9.99. The van der Waals surface area contributed by atoms with Gasteiger partial charge in [0.05, 0.1) is 14.2 Å². The number of esters is 2. The van der Waals surface area contributed by atoms with Gasteiger partial charge in [-0.15, -0.1) is 11.8 Å². The maximum absolute atomic E-state index is 12.8. The first-order valence-electron chi connectivity index (χ1n) is 10.0. The van der Waals surface area contributed by atoms with Crippen LogP contribution in [0.1, 0.15) is 29.9 Å². The van der Waals surface area contributed by atoms with Crippen molar-refractivity contribution in [2.45, 2.75) is 25.2 Å². The Bertz CT molecular complexity index is 884. The van der Waals surface area contributed by atoms with Gasteiger partial charge in [0.1, 0.15) is 0 Å². The van der Waals surface area contributed by atoms with Gasteiger partial charge in [0.25, 0.3) is 5.91 Å². The molecule has 0 atom stereocenters. The number of hydrogen-bond donors (Lipinski definition) is 0. The zero-order valence-corrected chi connectivity index (χ0v) is 19.1. The van der Waals surface area contributed by atoms with Gasteiger partial charge in [0.15, 0.2) is 5.41 Å². The molecule has 2 rings (SSSR count). The number of benzene rings is 1. The Morgan fingerprint density at radius 3 is 2.16 bits per heavy atom. The highest BCUT2D eigenvalue weighted by atomic mass is 32.2. The largest absolute Gasteiger partial charge is 0.468 e. The molecule has 0 fully saturated rings. The molecular formula is C23H28N2O5S. The maximum atomic E-state index is 12.8. The van der Waals surface area contributed by atoms with Crippen LogP contribution >= 0.6 is 11.8 Å². The lowest BCUT2D eigenvalue weighted by Gasteiger charge is -2.28. The summed E-state index contributed by atoms with van der Waals surface area (Å²) in [5.41, 5.74) is -0.719. The van der Waals surface area contributed by atoms with Gasteiger partial charge < -0.3 is 14.4 Å². The number of rotatable bonds is 10. The average Bonchev–Trinajstić information content (AvgIpc) is 2.82. The van der Waals surface area contributed by atoms with E-state index in [-0.39, 0.29) is 18.1 Å². The third kappa shape index (κ3) is 5.85. The molecule has 0 saturated heterocycles. The van der Waals surface area contributed by atoms with Gasteiger partial charge in [0, 0.05) is 47.6 Å². The number of pyridine rings is 1. The van der Waals surface area contributed by atoms with Crippen LogP contribution in [-0.2, 0) is 25.5 Å². The van der Waals surface area contributed by atoms with Gasteiger partial charge in [-0.05, 0) is 38.1 Å². The van der Waals surface area contributed by atoms with E-state index in [1.807, 2.05) is 44.2 Å². The number of methoxy groups -OCH3 is 2. The molecule has 1 aromatic heterocycles. The van der Waals surface area contributed by atoms with E-state index in [1.165, 1.54) is 32.2 Å². The molecule has 0 saturated carbocycles. The van der Waals surface area contributed by atoms with E-state index >= 15 is 0 Å². The Kier molecular flexibility index (Phi) is 9.05. The Labute approximate surface area is 187 Å². The SMILES string of the molecule is CCN(CC)C(=O)c1ccnc(CC(CSc2ccccc2)(C(=O)OC)C(=O)OC)c1. The Balaban J connectivity index is 2.40. The highest BCUT2D eigenvalue weighted by Gasteiger charge is 2.49. The van der Waals surface area contributed by atoms with Gasteiger partial charge in [-0.1, -0.05) is 18.2 Å². The first-order chi connectivity index (χ1) is 14.9. The molecule has 0 aliphatic rings. The number of carbonyl (C=O) groups is 3. The average molecular weight is 445 g/mol. The van der Waals surface area contributed by atoms with Crippen LogP contribution in [0.5, 0.6) is 0 Å². The summed E-state index contributed by atoms with van der Waals surface area (Å²) in [6, 6.07) is 12.7. The van der Waals surface area contributed by atoms with E-state index < -0.39 is 17.4 Å². The standard InChI is InChI=1S/C23H28N2O5S/c1-5-25(6-2)20(26)17-12-13-24-18(14-17)15-23(21(27)29-3,22(28)30-4)16-31-19-10-8-7-9-11-19/h7-14H,5-6,15-16H2,1-4H3.